The lowest BCUT2D eigenvalue weighted by atomic mass is 10.2. The van der Waals surface area contributed by atoms with E-state index in [1.165, 1.54) is 16.8 Å². The van der Waals surface area contributed by atoms with Gasteiger partial charge in [-0.3, -0.25) is 19.6 Å². The van der Waals surface area contributed by atoms with Crippen LogP contribution in [0.15, 0.2) is 37.9 Å². The van der Waals surface area contributed by atoms with Gasteiger partial charge < -0.3 is 5.32 Å². The minimum atomic E-state index is -0.541. The molecule has 1 amide bonds. The highest BCUT2D eigenvalue weighted by molar-refractivity contribution is 9.11. The average molecular weight is 497 g/mol. The normalized spacial score (nSPS) is 12.0. The fourth-order valence-corrected chi connectivity index (χ4v) is 3.32. The molecule has 7 nitrogen and oxygen atoms in total. The lowest BCUT2D eigenvalue weighted by Crippen LogP contribution is -2.24. The highest BCUT2D eigenvalue weighted by atomic mass is 79.9. The van der Waals surface area contributed by atoms with Crippen molar-refractivity contribution in [3.05, 3.63) is 48.1 Å². The standard InChI is InChI=1S/C12H9Br3N4O3/c1-6(18-5-7(13)4-16-18)12(20)17-11-9(14)2-8(19(21)22)3-10(11)15/h2-6H,1H3,(H,17,20). The first kappa shape index (κ1) is 17.1. The molecule has 0 radical (unpaired) electrons. The second-order valence-corrected chi connectivity index (χ2v) is 6.97. The Labute approximate surface area is 150 Å². The fourth-order valence-electron chi connectivity index (χ4n) is 1.66. The van der Waals surface area contributed by atoms with Gasteiger partial charge in [-0.2, -0.15) is 5.10 Å². The van der Waals surface area contributed by atoms with Crippen molar-refractivity contribution in [2.45, 2.75) is 13.0 Å². The van der Waals surface area contributed by atoms with Crippen LogP contribution in [0.25, 0.3) is 0 Å². The average Bonchev–Trinajstić information content (AvgIpc) is 2.87. The van der Waals surface area contributed by atoms with E-state index in [0.29, 0.717) is 14.6 Å². The zero-order valence-electron chi connectivity index (χ0n) is 11.1. The first-order valence-electron chi connectivity index (χ1n) is 5.93. The second kappa shape index (κ2) is 6.88. The lowest BCUT2D eigenvalue weighted by Gasteiger charge is -2.14. The molecule has 0 saturated heterocycles. The molecule has 116 valence electrons. The number of nitrogens with zero attached hydrogens (tertiary/aromatic N) is 3. The predicted molar refractivity (Wildman–Crippen MR) is 91.8 cm³/mol. The summed E-state index contributed by atoms with van der Waals surface area (Å²) in [7, 11) is 0. The van der Waals surface area contributed by atoms with Crippen molar-refractivity contribution >= 4 is 65.1 Å². The summed E-state index contributed by atoms with van der Waals surface area (Å²) in [5.74, 6) is -0.300. The number of nitrogens with one attached hydrogen (secondary N) is 1. The third kappa shape index (κ3) is 3.73. The molecular weight excluding hydrogens is 488 g/mol. The number of rotatable bonds is 4. The van der Waals surface area contributed by atoms with Gasteiger partial charge >= 0.3 is 0 Å². The van der Waals surface area contributed by atoms with Crippen molar-refractivity contribution < 1.29 is 9.72 Å². The van der Waals surface area contributed by atoms with Gasteiger partial charge in [0.2, 0.25) is 5.91 Å². The van der Waals surface area contributed by atoms with Crippen LogP contribution in [0.3, 0.4) is 0 Å². The van der Waals surface area contributed by atoms with E-state index in [2.05, 4.69) is 58.2 Å². The van der Waals surface area contributed by atoms with Crippen molar-refractivity contribution in [1.82, 2.24) is 9.78 Å². The molecule has 0 bridgehead atoms. The third-order valence-electron chi connectivity index (χ3n) is 2.83. The van der Waals surface area contributed by atoms with Crippen molar-refractivity contribution in [3.8, 4) is 0 Å². The van der Waals surface area contributed by atoms with E-state index >= 15 is 0 Å². The maximum Gasteiger partial charge on any atom is 0.271 e. The van der Waals surface area contributed by atoms with E-state index in [0.717, 1.165) is 4.47 Å². The highest BCUT2D eigenvalue weighted by Gasteiger charge is 2.20. The summed E-state index contributed by atoms with van der Waals surface area (Å²) in [5.41, 5.74) is 0.342. The van der Waals surface area contributed by atoms with E-state index < -0.39 is 11.0 Å². The monoisotopic (exact) mass is 494 g/mol. The molecule has 1 aromatic heterocycles. The number of amides is 1. The molecule has 22 heavy (non-hydrogen) atoms. The maximum absolute atomic E-state index is 12.3. The SMILES string of the molecule is CC(C(=O)Nc1c(Br)cc([N+](=O)[O-])cc1Br)n1cc(Br)cn1. The van der Waals surface area contributed by atoms with Gasteiger partial charge in [-0.05, 0) is 54.7 Å². The smallest absolute Gasteiger partial charge is 0.271 e. The van der Waals surface area contributed by atoms with Gasteiger partial charge in [0.05, 0.1) is 21.3 Å². The summed E-state index contributed by atoms with van der Waals surface area (Å²) in [6.07, 6.45) is 3.27. The second-order valence-electron chi connectivity index (χ2n) is 4.35. The first-order chi connectivity index (χ1) is 10.3. The van der Waals surface area contributed by atoms with Crippen molar-refractivity contribution in [1.29, 1.82) is 0 Å². The number of carbonyl (C=O) groups excluding carboxylic acids is 1. The summed E-state index contributed by atoms with van der Waals surface area (Å²) < 4.78 is 3.10. The molecule has 0 aliphatic carbocycles. The molecule has 1 heterocycles. The lowest BCUT2D eigenvalue weighted by molar-refractivity contribution is -0.385. The number of hydrogen-bond acceptors (Lipinski definition) is 4. The van der Waals surface area contributed by atoms with Gasteiger partial charge in [0.25, 0.3) is 5.69 Å². The molecule has 10 heteroatoms. The van der Waals surface area contributed by atoms with E-state index in [4.69, 9.17) is 0 Å². The van der Waals surface area contributed by atoms with Crippen molar-refractivity contribution in [3.63, 3.8) is 0 Å². The summed E-state index contributed by atoms with van der Waals surface area (Å²) in [6, 6.07) is 2.12. The number of hydrogen-bond donors (Lipinski definition) is 1. The van der Waals surface area contributed by atoms with Crippen LogP contribution < -0.4 is 5.32 Å². The molecule has 1 unspecified atom stereocenters. The molecule has 0 aliphatic heterocycles. The van der Waals surface area contributed by atoms with Gasteiger partial charge in [0.15, 0.2) is 0 Å². The van der Waals surface area contributed by atoms with E-state index in [9.17, 15) is 14.9 Å². The number of nitro benzene ring substituents is 1. The molecule has 1 N–H and O–H groups in total. The maximum atomic E-state index is 12.3. The van der Waals surface area contributed by atoms with Gasteiger partial charge in [-0.1, -0.05) is 0 Å². The number of non-ortho nitro benzene ring substituents is 1. The largest absolute Gasteiger partial charge is 0.322 e. The molecule has 1 atom stereocenters. The number of aromatic nitrogens is 2. The first-order valence-corrected chi connectivity index (χ1v) is 8.31. The molecule has 2 rings (SSSR count). The Balaban J connectivity index is 2.23. The Morgan fingerprint density at radius 2 is 1.95 bits per heavy atom. The fraction of sp³-hybridized carbons (Fsp3) is 0.167. The van der Waals surface area contributed by atoms with Crippen LogP contribution in [0, 0.1) is 10.1 Å². The Morgan fingerprint density at radius 1 is 1.36 bits per heavy atom. The zero-order valence-corrected chi connectivity index (χ0v) is 15.8. The summed E-state index contributed by atoms with van der Waals surface area (Å²) in [5, 5.41) is 17.6. The van der Waals surface area contributed by atoms with Gasteiger partial charge in [-0.25, -0.2) is 0 Å². The number of carbonyl (C=O) groups is 1. The predicted octanol–water partition coefficient (Wildman–Crippen LogP) is 4.28. The molecular formula is C12H9Br3N4O3. The van der Waals surface area contributed by atoms with Crippen LogP contribution in [-0.4, -0.2) is 20.6 Å². The molecule has 2 aromatic rings. The Kier molecular flexibility index (Phi) is 5.35. The minimum absolute atomic E-state index is 0.0826. The van der Waals surface area contributed by atoms with Crippen molar-refractivity contribution in [2.24, 2.45) is 0 Å². The zero-order chi connectivity index (χ0) is 16.4. The van der Waals surface area contributed by atoms with Crippen LogP contribution in [0.4, 0.5) is 11.4 Å². The van der Waals surface area contributed by atoms with Crippen LogP contribution in [0.5, 0.6) is 0 Å². The molecule has 0 aliphatic rings. The topological polar surface area (TPSA) is 90.1 Å². The van der Waals surface area contributed by atoms with Crippen LogP contribution in [0.2, 0.25) is 0 Å². The Morgan fingerprint density at radius 3 is 2.41 bits per heavy atom. The summed E-state index contributed by atoms with van der Waals surface area (Å²) in [4.78, 5) is 22.6. The molecule has 1 aromatic carbocycles. The van der Waals surface area contributed by atoms with Crippen molar-refractivity contribution in [2.75, 3.05) is 5.32 Å². The highest BCUT2D eigenvalue weighted by Crippen LogP contribution is 2.35. The number of nitro groups is 1. The van der Waals surface area contributed by atoms with Crippen LogP contribution in [-0.2, 0) is 4.79 Å². The summed E-state index contributed by atoms with van der Waals surface area (Å²) >= 11 is 9.72. The number of halogens is 3. The van der Waals surface area contributed by atoms with E-state index in [-0.39, 0.29) is 11.6 Å². The minimum Gasteiger partial charge on any atom is -0.322 e. The Bertz CT molecular complexity index is 724. The van der Waals surface area contributed by atoms with E-state index in [1.807, 2.05) is 0 Å². The number of anilines is 1. The van der Waals surface area contributed by atoms with Crippen LogP contribution >= 0.6 is 47.8 Å². The molecule has 0 fully saturated rings. The molecule has 0 spiro atoms. The van der Waals surface area contributed by atoms with Gasteiger partial charge in [0.1, 0.15) is 6.04 Å². The van der Waals surface area contributed by atoms with Crippen LogP contribution in [0.1, 0.15) is 13.0 Å². The number of benzene rings is 1. The van der Waals surface area contributed by atoms with Gasteiger partial charge in [-0.15, -0.1) is 0 Å². The quantitative estimate of drug-likeness (QED) is 0.505. The third-order valence-corrected chi connectivity index (χ3v) is 4.49. The van der Waals surface area contributed by atoms with Gasteiger partial charge in [0, 0.05) is 27.3 Å². The summed E-state index contributed by atoms with van der Waals surface area (Å²) in [6.45, 7) is 1.70. The van der Waals surface area contributed by atoms with E-state index in [1.54, 1.807) is 19.3 Å². The Hall–Kier alpha value is -1.26. The molecule has 0 saturated carbocycles.